The Morgan fingerprint density at radius 3 is 2.44 bits per heavy atom. The molecular weight excluding hydrogens is 236 g/mol. The zero-order chi connectivity index (χ0) is 14.0. The molecule has 0 fully saturated rings. The number of ketones is 1. The Morgan fingerprint density at radius 1 is 1.28 bits per heavy atom. The summed E-state index contributed by atoms with van der Waals surface area (Å²) < 4.78 is 9.86. The molecule has 1 unspecified atom stereocenters. The zero-order valence-electron chi connectivity index (χ0n) is 11.5. The van der Waals surface area contributed by atoms with Gasteiger partial charge in [-0.15, -0.1) is 0 Å². The number of ether oxygens (including phenoxy) is 2. The maximum absolute atomic E-state index is 11.8. The molecule has 0 aliphatic rings. The second kappa shape index (κ2) is 9.05. The van der Waals surface area contributed by atoms with Crippen molar-refractivity contribution in [1.29, 1.82) is 0 Å². The summed E-state index contributed by atoms with van der Waals surface area (Å²) in [7, 11) is 1.57. The number of methoxy groups -OCH3 is 1. The third kappa shape index (κ3) is 6.12. The molecule has 0 aromatic heterocycles. The summed E-state index contributed by atoms with van der Waals surface area (Å²) in [4.78, 5) is 23.2. The maximum Gasteiger partial charge on any atom is 0.305 e. The average Bonchev–Trinajstić information content (AvgIpc) is 2.36. The predicted molar refractivity (Wildman–Crippen MR) is 67.2 cm³/mol. The van der Waals surface area contributed by atoms with Crippen LogP contribution in [0.4, 0.5) is 0 Å². The Bertz CT molecular complexity index is 264. The molecular formula is C13H24O5. The van der Waals surface area contributed by atoms with E-state index in [4.69, 9.17) is 9.47 Å². The van der Waals surface area contributed by atoms with Crippen molar-refractivity contribution < 1.29 is 24.2 Å². The van der Waals surface area contributed by atoms with E-state index in [1.165, 1.54) is 0 Å². The highest BCUT2D eigenvalue weighted by atomic mass is 16.5. The van der Waals surface area contributed by atoms with Gasteiger partial charge in [0.1, 0.15) is 12.4 Å². The number of aliphatic hydroxyl groups excluding tert-OH is 1. The Kier molecular flexibility index (Phi) is 8.58. The van der Waals surface area contributed by atoms with Crippen molar-refractivity contribution in [3.63, 3.8) is 0 Å². The van der Waals surface area contributed by atoms with Crippen molar-refractivity contribution in [3.8, 4) is 0 Å². The van der Waals surface area contributed by atoms with Crippen LogP contribution in [0.1, 0.15) is 39.5 Å². The minimum atomic E-state index is -0.979. The SMILES string of the molecule is CCCC(=O)C(C)(CO)COC(=O)CCCOC. The van der Waals surface area contributed by atoms with Gasteiger partial charge >= 0.3 is 5.97 Å². The highest BCUT2D eigenvalue weighted by molar-refractivity contribution is 5.85. The molecule has 0 aliphatic heterocycles. The van der Waals surface area contributed by atoms with Gasteiger partial charge in [-0.25, -0.2) is 0 Å². The molecule has 1 atom stereocenters. The lowest BCUT2D eigenvalue weighted by Gasteiger charge is -2.25. The van der Waals surface area contributed by atoms with E-state index in [-0.39, 0.29) is 31.4 Å². The van der Waals surface area contributed by atoms with Gasteiger partial charge in [0.05, 0.1) is 12.0 Å². The molecule has 0 aromatic rings. The third-order valence-electron chi connectivity index (χ3n) is 2.78. The van der Waals surface area contributed by atoms with E-state index in [9.17, 15) is 14.7 Å². The van der Waals surface area contributed by atoms with Crippen LogP contribution in [-0.2, 0) is 19.1 Å². The van der Waals surface area contributed by atoms with E-state index in [2.05, 4.69) is 0 Å². The van der Waals surface area contributed by atoms with Crippen molar-refractivity contribution in [2.24, 2.45) is 5.41 Å². The molecule has 0 saturated heterocycles. The van der Waals surface area contributed by atoms with E-state index in [1.807, 2.05) is 6.92 Å². The predicted octanol–water partition coefficient (Wildman–Crippen LogP) is 1.32. The third-order valence-corrected chi connectivity index (χ3v) is 2.78. The molecule has 0 aliphatic carbocycles. The van der Waals surface area contributed by atoms with Crippen LogP contribution in [0.15, 0.2) is 0 Å². The Morgan fingerprint density at radius 2 is 1.94 bits per heavy atom. The Hall–Kier alpha value is -0.940. The van der Waals surface area contributed by atoms with Crippen LogP contribution in [0.2, 0.25) is 0 Å². The monoisotopic (exact) mass is 260 g/mol. The van der Waals surface area contributed by atoms with Crippen molar-refractivity contribution in [2.45, 2.75) is 39.5 Å². The first-order valence-electron chi connectivity index (χ1n) is 6.29. The van der Waals surface area contributed by atoms with Gasteiger partial charge in [0.2, 0.25) is 0 Å². The first-order valence-corrected chi connectivity index (χ1v) is 6.29. The zero-order valence-corrected chi connectivity index (χ0v) is 11.5. The molecule has 0 spiro atoms. The van der Waals surface area contributed by atoms with Gasteiger partial charge in [-0.05, 0) is 19.8 Å². The normalized spacial score (nSPS) is 14.0. The number of hydrogen-bond acceptors (Lipinski definition) is 5. The fraction of sp³-hybridized carbons (Fsp3) is 0.846. The molecule has 0 rings (SSSR count). The molecule has 5 heteroatoms. The average molecular weight is 260 g/mol. The molecule has 5 nitrogen and oxygen atoms in total. The molecule has 0 amide bonds. The second-order valence-corrected chi connectivity index (χ2v) is 4.65. The van der Waals surface area contributed by atoms with Crippen LogP contribution < -0.4 is 0 Å². The lowest BCUT2D eigenvalue weighted by atomic mass is 9.85. The number of aliphatic hydroxyl groups is 1. The molecule has 0 aromatic carbocycles. The van der Waals surface area contributed by atoms with Gasteiger partial charge in [-0.3, -0.25) is 9.59 Å². The second-order valence-electron chi connectivity index (χ2n) is 4.65. The topological polar surface area (TPSA) is 72.8 Å². The largest absolute Gasteiger partial charge is 0.465 e. The van der Waals surface area contributed by atoms with E-state index in [0.29, 0.717) is 19.4 Å². The van der Waals surface area contributed by atoms with E-state index in [0.717, 1.165) is 6.42 Å². The van der Waals surface area contributed by atoms with Crippen LogP contribution >= 0.6 is 0 Å². The molecule has 1 N–H and O–H groups in total. The number of hydrogen-bond donors (Lipinski definition) is 1. The van der Waals surface area contributed by atoms with Crippen LogP contribution in [-0.4, -0.2) is 43.8 Å². The highest BCUT2D eigenvalue weighted by Gasteiger charge is 2.33. The fourth-order valence-electron chi connectivity index (χ4n) is 1.42. The minimum absolute atomic E-state index is 0.0614. The first kappa shape index (κ1) is 17.1. The number of Topliss-reactive ketones (excluding diaryl/α,β-unsaturated/α-hetero) is 1. The van der Waals surface area contributed by atoms with Crippen LogP contribution in [0.5, 0.6) is 0 Å². The lowest BCUT2D eigenvalue weighted by Crippen LogP contribution is -2.37. The summed E-state index contributed by atoms with van der Waals surface area (Å²) in [5, 5.41) is 9.28. The van der Waals surface area contributed by atoms with Gasteiger partial charge < -0.3 is 14.6 Å². The van der Waals surface area contributed by atoms with Gasteiger partial charge in [-0.2, -0.15) is 0 Å². The molecule has 18 heavy (non-hydrogen) atoms. The number of esters is 1. The lowest BCUT2D eigenvalue weighted by molar-refractivity contribution is -0.151. The summed E-state index contributed by atoms with van der Waals surface area (Å²) in [6.07, 6.45) is 1.96. The molecule has 106 valence electrons. The summed E-state index contributed by atoms with van der Waals surface area (Å²) >= 11 is 0. The molecule has 0 heterocycles. The van der Waals surface area contributed by atoms with Gasteiger partial charge in [0, 0.05) is 26.6 Å². The van der Waals surface area contributed by atoms with Crippen molar-refractivity contribution in [1.82, 2.24) is 0 Å². The summed E-state index contributed by atoms with van der Waals surface area (Å²) in [6, 6.07) is 0. The molecule has 0 saturated carbocycles. The van der Waals surface area contributed by atoms with E-state index >= 15 is 0 Å². The fourth-order valence-corrected chi connectivity index (χ4v) is 1.42. The van der Waals surface area contributed by atoms with Crippen LogP contribution in [0.25, 0.3) is 0 Å². The van der Waals surface area contributed by atoms with E-state index in [1.54, 1.807) is 14.0 Å². The van der Waals surface area contributed by atoms with Crippen molar-refractivity contribution >= 4 is 11.8 Å². The van der Waals surface area contributed by atoms with Crippen LogP contribution in [0, 0.1) is 5.41 Å². The molecule has 0 bridgehead atoms. The van der Waals surface area contributed by atoms with E-state index < -0.39 is 5.41 Å². The Labute approximate surface area is 108 Å². The number of carbonyl (C=O) groups is 2. The summed E-state index contributed by atoms with van der Waals surface area (Å²) in [6.45, 7) is 3.65. The summed E-state index contributed by atoms with van der Waals surface area (Å²) in [5.74, 6) is -0.437. The summed E-state index contributed by atoms with van der Waals surface area (Å²) in [5.41, 5.74) is -0.979. The first-order chi connectivity index (χ1) is 8.50. The number of carbonyl (C=O) groups excluding carboxylic acids is 2. The standard InChI is InChI=1S/C13H24O5/c1-4-6-11(15)13(2,9-14)10-18-12(16)7-5-8-17-3/h14H,4-10H2,1-3H3. The maximum atomic E-state index is 11.8. The van der Waals surface area contributed by atoms with Crippen molar-refractivity contribution in [2.75, 3.05) is 26.9 Å². The smallest absolute Gasteiger partial charge is 0.305 e. The van der Waals surface area contributed by atoms with Gasteiger partial charge in [0.25, 0.3) is 0 Å². The van der Waals surface area contributed by atoms with Gasteiger partial charge in [0.15, 0.2) is 0 Å². The van der Waals surface area contributed by atoms with Gasteiger partial charge in [-0.1, -0.05) is 6.92 Å². The minimum Gasteiger partial charge on any atom is -0.465 e. The Balaban J connectivity index is 4.12. The highest BCUT2D eigenvalue weighted by Crippen LogP contribution is 2.20. The number of rotatable bonds is 10. The molecule has 0 radical (unpaired) electrons. The van der Waals surface area contributed by atoms with Crippen LogP contribution in [0.3, 0.4) is 0 Å². The van der Waals surface area contributed by atoms with Crippen molar-refractivity contribution in [3.05, 3.63) is 0 Å². The quantitative estimate of drug-likeness (QED) is 0.474.